The first-order chi connectivity index (χ1) is 16.6. The molecule has 0 bridgehead atoms. The Morgan fingerprint density at radius 3 is 2.34 bits per heavy atom. The Balaban J connectivity index is 2.14. The van der Waals surface area contributed by atoms with Gasteiger partial charge in [-0.15, -0.1) is 10.2 Å². The molecular weight excluding hydrogens is 452 g/mol. The number of carbonyl (C=O) groups excluding carboxylic acids is 1. The van der Waals surface area contributed by atoms with Crippen LogP contribution in [0, 0.1) is 5.41 Å². The number of carbonyl (C=O) groups is 1. The monoisotopic (exact) mass is 484 g/mol. The number of aromatic amines is 1. The number of pyridine rings is 1. The third kappa shape index (κ3) is 5.47. The molecule has 0 unspecified atom stereocenters. The number of aromatic nitrogens is 3. The molecule has 0 atom stereocenters. The SMILES string of the molecule is CCCCc1[nH]c(=O)c(-c2nnc(CNC(=O)C(C)(C)C)o2)c(O)c1-c1c(OC)cccc1OC. The Bertz CT molecular complexity index is 1230. The first-order valence-corrected chi connectivity index (χ1v) is 11.4. The molecule has 0 saturated heterocycles. The second kappa shape index (κ2) is 10.6. The average molecular weight is 485 g/mol. The second-order valence-electron chi connectivity index (χ2n) is 9.11. The lowest BCUT2D eigenvalue weighted by Gasteiger charge is -2.18. The van der Waals surface area contributed by atoms with Gasteiger partial charge in [0.15, 0.2) is 0 Å². The van der Waals surface area contributed by atoms with Crippen molar-refractivity contribution in [1.82, 2.24) is 20.5 Å². The fourth-order valence-electron chi connectivity index (χ4n) is 3.59. The molecule has 0 aliphatic rings. The molecule has 0 aliphatic heterocycles. The molecule has 10 nitrogen and oxygen atoms in total. The van der Waals surface area contributed by atoms with Crippen molar-refractivity contribution < 1.29 is 23.8 Å². The number of nitrogens with one attached hydrogen (secondary N) is 2. The van der Waals surface area contributed by atoms with Gasteiger partial charge in [-0.3, -0.25) is 9.59 Å². The van der Waals surface area contributed by atoms with Gasteiger partial charge in [-0.05, 0) is 25.0 Å². The summed E-state index contributed by atoms with van der Waals surface area (Å²) in [4.78, 5) is 28.1. The fourth-order valence-corrected chi connectivity index (χ4v) is 3.59. The molecule has 2 aromatic heterocycles. The van der Waals surface area contributed by atoms with E-state index < -0.39 is 11.0 Å². The Morgan fingerprint density at radius 1 is 1.11 bits per heavy atom. The Hall–Kier alpha value is -3.82. The summed E-state index contributed by atoms with van der Waals surface area (Å²) in [6, 6.07) is 5.26. The summed E-state index contributed by atoms with van der Waals surface area (Å²) in [7, 11) is 3.04. The summed E-state index contributed by atoms with van der Waals surface area (Å²) in [5.74, 6) is 0.349. The number of amides is 1. The summed E-state index contributed by atoms with van der Waals surface area (Å²) in [5, 5.41) is 22.0. The van der Waals surface area contributed by atoms with Crippen molar-refractivity contribution in [3.63, 3.8) is 0 Å². The van der Waals surface area contributed by atoms with E-state index in [4.69, 9.17) is 13.9 Å². The van der Waals surface area contributed by atoms with Crippen molar-refractivity contribution in [2.24, 2.45) is 5.41 Å². The number of rotatable bonds is 9. The van der Waals surface area contributed by atoms with Gasteiger partial charge in [-0.2, -0.15) is 0 Å². The first kappa shape index (κ1) is 25.8. The molecule has 10 heteroatoms. The van der Waals surface area contributed by atoms with E-state index in [1.165, 1.54) is 14.2 Å². The zero-order valence-electron chi connectivity index (χ0n) is 20.9. The lowest BCUT2D eigenvalue weighted by molar-refractivity contribution is -0.128. The number of nitrogens with zero attached hydrogens (tertiary/aromatic N) is 2. The predicted octanol–water partition coefficient (Wildman–Crippen LogP) is 3.82. The van der Waals surface area contributed by atoms with Gasteiger partial charge in [0.2, 0.25) is 11.8 Å². The van der Waals surface area contributed by atoms with E-state index >= 15 is 0 Å². The van der Waals surface area contributed by atoms with Gasteiger partial charge in [0, 0.05) is 11.1 Å². The fraction of sp³-hybridized carbons (Fsp3) is 0.440. The van der Waals surface area contributed by atoms with Crippen LogP contribution in [0.2, 0.25) is 0 Å². The molecule has 0 radical (unpaired) electrons. The number of hydrogen-bond acceptors (Lipinski definition) is 8. The molecule has 3 aromatic rings. The van der Waals surface area contributed by atoms with Crippen molar-refractivity contribution in [1.29, 1.82) is 0 Å². The number of ether oxygens (including phenoxy) is 2. The van der Waals surface area contributed by atoms with Crippen LogP contribution < -0.4 is 20.3 Å². The molecule has 1 amide bonds. The lowest BCUT2D eigenvalue weighted by atomic mass is 9.96. The summed E-state index contributed by atoms with van der Waals surface area (Å²) in [5.41, 5.74) is 0.0706. The molecule has 3 N–H and O–H groups in total. The summed E-state index contributed by atoms with van der Waals surface area (Å²) >= 11 is 0. The number of hydrogen-bond donors (Lipinski definition) is 3. The van der Waals surface area contributed by atoms with E-state index in [1.807, 2.05) is 6.92 Å². The largest absolute Gasteiger partial charge is 0.506 e. The topological polar surface area (TPSA) is 140 Å². The molecule has 0 aliphatic carbocycles. The molecule has 0 saturated carbocycles. The van der Waals surface area contributed by atoms with Gasteiger partial charge in [0.1, 0.15) is 22.8 Å². The Morgan fingerprint density at radius 2 is 1.77 bits per heavy atom. The third-order valence-corrected chi connectivity index (χ3v) is 5.49. The minimum atomic E-state index is -0.588. The van der Waals surface area contributed by atoms with Crippen molar-refractivity contribution in [3.05, 3.63) is 40.1 Å². The van der Waals surface area contributed by atoms with E-state index in [-0.39, 0.29) is 35.5 Å². The van der Waals surface area contributed by atoms with Crippen LogP contribution in [0.25, 0.3) is 22.6 Å². The summed E-state index contributed by atoms with van der Waals surface area (Å²) in [6.45, 7) is 7.38. The highest BCUT2D eigenvalue weighted by Crippen LogP contribution is 2.46. The highest BCUT2D eigenvalue weighted by Gasteiger charge is 2.28. The quantitative estimate of drug-likeness (QED) is 0.416. The molecular formula is C25H32N4O6. The zero-order chi connectivity index (χ0) is 25.8. The normalized spacial score (nSPS) is 11.4. The van der Waals surface area contributed by atoms with E-state index in [0.717, 1.165) is 12.8 Å². The van der Waals surface area contributed by atoms with Crippen LogP contribution in [0.1, 0.15) is 52.1 Å². The standard InChI is InChI=1S/C25H32N4O6/c1-7-8-10-14-18(19-15(33-5)11-9-12-16(19)34-6)21(30)20(22(31)27-14)23-29-28-17(35-23)13-26-24(32)25(2,3)4/h9,11-12H,7-8,10,13H2,1-6H3,(H,26,32)(H2,27,30,31). The van der Waals surface area contributed by atoms with Gasteiger partial charge in [0.25, 0.3) is 11.4 Å². The number of methoxy groups -OCH3 is 2. The minimum Gasteiger partial charge on any atom is -0.506 e. The predicted molar refractivity (Wildman–Crippen MR) is 130 cm³/mol. The summed E-state index contributed by atoms with van der Waals surface area (Å²) in [6.07, 6.45) is 2.20. The highest BCUT2D eigenvalue weighted by atomic mass is 16.5. The number of H-pyrrole nitrogens is 1. The van der Waals surface area contributed by atoms with Gasteiger partial charge in [-0.25, -0.2) is 0 Å². The maximum absolute atomic E-state index is 13.0. The van der Waals surface area contributed by atoms with Gasteiger partial charge in [0.05, 0.1) is 31.9 Å². The molecule has 0 spiro atoms. The number of benzene rings is 1. The van der Waals surface area contributed by atoms with Crippen molar-refractivity contribution in [2.75, 3.05) is 14.2 Å². The van der Waals surface area contributed by atoms with Crippen molar-refractivity contribution in [3.8, 4) is 39.8 Å². The molecule has 2 heterocycles. The number of aryl methyl sites for hydroxylation is 1. The van der Waals surface area contributed by atoms with Crippen LogP contribution >= 0.6 is 0 Å². The van der Waals surface area contributed by atoms with Crippen LogP contribution in [-0.2, 0) is 17.8 Å². The molecule has 1 aromatic carbocycles. The summed E-state index contributed by atoms with van der Waals surface area (Å²) < 4.78 is 16.7. The highest BCUT2D eigenvalue weighted by molar-refractivity contribution is 5.87. The lowest BCUT2D eigenvalue weighted by Crippen LogP contribution is -2.34. The maximum atomic E-state index is 13.0. The van der Waals surface area contributed by atoms with E-state index in [0.29, 0.717) is 34.7 Å². The first-order valence-electron chi connectivity index (χ1n) is 11.4. The van der Waals surface area contributed by atoms with Gasteiger partial charge < -0.3 is 29.3 Å². The van der Waals surface area contributed by atoms with Crippen LogP contribution in [0.4, 0.5) is 0 Å². The number of aromatic hydroxyl groups is 1. The smallest absolute Gasteiger partial charge is 0.264 e. The second-order valence-corrected chi connectivity index (χ2v) is 9.11. The van der Waals surface area contributed by atoms with E-state index in [1.54, 1.807) is 39.0 Å². The molecule has 35 heavy (non-hydrogen) atoms. The zero-order valence-corrected chi connectivity index (χ0v) is 20.9. The van der Waals surface area contributed by atoms with E-state index in [9.17, 15) is 14.7 Å². The van der Waals surface area contributed by atoms with Crippen LogP contribution in [-0.4, -0.2) is 40.4 Å². The minimum absolute atomic E-state index is 0.0104. The Labute approximate surface area is 203 Å². The molecule has 3 rings (SSSR count). The molecule has 188 valence electrons. The third-order valence-electron chi connectivity index (χ3n) is 5.49. The van der Waals surface area contributed by atoms with Gasteiger partial charge >= 0.3 is 0 Å². The molecule has 0 fully saturated rings. The van der Waals surface area contributed by atoms with Crippen molar-refractivity contribution in [2.45, 2.75) is 53.5 Å². The van der Waals surface area contributed by atoms with Crippen molar-refractivity contribution >= 4 is 5.91 Å². The van der Waals surface area contributed by atoms with Gasteiger partial charge in [-0.1, -0.05) is 40.2 Å². The van der Waals surface area contributed by atoms with E-state index in [2.05, 4.69) is 20.5 Å². The van der Waals surface area contributed by atoms with Crippen LogP contribution in [0.5, 0.6) is 17.2 Å². The Kier molecular flexibility index (Phi) is 7.83. The van der Waals surface area contributed by atoms with Crippen LogP contribution in [0.15, 0.2) is 27.4 Å². The maximum Gasteiger partial charge on any atom is 0.264 e. The number of unbranched alkanes of at least 4 members (excludes halogenated alkanes) is 1. The average Bonchev–Trinajstić information content (AvgIpc) is 3.28. The van der Waals surface area contributed by atoms with Crippen LogP contribution in [0.3, 0.4) is 0 Å².